The van der Waals surface area contributed by atoms with Crippen molar-refractivity contribution in [3.63, 3.8) is 0 Å². The number of hydrogen-bond acceptors (Lipinski definition) is 4. The first-order valence-corrected chi connectivity index (χ1v) is 15.1. The smallest absolute Gasteiger partial charge is 0.408 e. The molecule has 41 heavy (non-hydrogen) atoms. The van der Waals surface area contributed by atoms with E-state index in [4.69, 9.17) is 4.74 Å². The van der Waals surface area contributed by atoms with E-state index >= 15 is 0 Å². The van der Waals surface area contributed by atoms with Gasteiger partial charge in [-0.25, -0.2) is 4.79 Å². The Bertz CT molecular complexity index is 1120. The fraction of sp³-hybridized carbons (Fsp3) is 0.559. The summed E-state index contributed by atoms with van der Waals surface area (Å²) in [6.07, 6.45) is 6.49. The first kappa shape index (κ1) is 33.9. The molecule has 0 saturated heterocycles. The normalized spacial score (nSPS) is 12.8. The summed E-state index contributed by atoms with van der Waals surface area (Å²) in [5.41, 5.74) is 3.84. The molecular weight excluding hydrogens is 514 g/mol. The zero-order valence-electron chi connectivity index (χ0n) is 26.4. The second-order valence-electron chi connectivity index (χ2n) is 11.9. The number of ether oxygens (including phenoxy) is 1. The molecule has 2 unspecified atom stereocenters. The standard InChI is InChI=1S/C34H51N3O4/c1-9-11-12-13-14-15-23-37(32(39)26(5)35-33(40)41-34(6,7)8)30(28-21-19-27(10-2)20-22-28)31(38)36-29-24(3)17-16-18-25(29)4/h16-22,26,30H,9-15,23H2,1-8H3,(H,35,40)(H,36,38). The SMILES string of the molecule is CCCCCCCCN(C(=O)C(C)NC(=O)OC(C)(C)C)C(C(=O)Nc1c(C)cccc1C)c1ccc(CC)cc1. The Morgan fingerprint density at radius 3 is 2.02 bits per heavy atom. The van der Waals surface area contributed by atoms with Crippen LogP contribution in [0.25, 0.3) is 0 Å². The molecule has 0 heterocycles. The largest absolute Gasteiger partial charge is 0.444 e. The van der Waals surface area contributed by atoms with E-state index < -0.39 is 23.8 Å². The first-order valence-electron chi connectivity index (χ1n) is 15.1. The van der Waals surface area contributed by atoms with Gasteiger partial charge >= 0.3 is 6.09 Å². The maximum Gasteiger partial charge on any atom is 0.408 e. The van der Waals surface area contributed by atoms with Gasteiger partial charge in [0.05, 0.1) is 0 Å². The predicted molar refractivity (Wildman–Crippen MR) is 167 cm³/mol. The van der Waals surface area contributed by atoms with Crippen LogP contribution >= 0.6 is 0 Å². The Hall–Kier alpha value is -3.35. The van der Waals surface area contributed by atoms with Crippen molar-refractivity contribution in [2.75, 3.05) is 11.9 Å². The Labute approximate surface area is 247 Å². The molecule has 0 radical (unpaired) electrons. The highest BCUT2D eigenvalue weighted by Crippen LogP contribution is 2.28. The third-order valence-electron chi connectivity index (χ3n) is 7.13. The highest BCUT2D eigenvalue weighted by atomic mass is 16.6. The van der Waals surface area contributed by atoms with Crippen LogP contribution in [0, 0.1) is 13.8 Å². The van der Waals surface area contributed by atoms with Gasteiger partial charge in [-0.3, -0.25) is 9.59 Å². The van der Waals surface area contributed by atoms with Gasteiger partial charge in [0.2, 0.25) is 5.91 Å². The number of nitrogens with one attached hydrogen (secondary N) is 2. The van der Waals surface area contributed by atoms with Crippen molar-refractivity contribution in [1.82, 2.24) is 10.2 Å². The maximum atomic E-state index is 14.1. The predicted octanol–water partition coefficient (Wildman–Crippen LogP) is 7.65. The molecule has 7 nitrogen and oxygen atoms in total. The van der Waals surface area contributed by atoms with E-state index in [0.717, 1.165) is 66.5 Å². The second-order valence-corrected chi connectivity index (χ2v) is 11.9. The maximum absolute atomic E-state index is 14.1. The van der Waals surface area contributed by atoms with Gasteiger partial charge in [-0.05, 0) is 76.6 Å². The van der Waals surface area contributed by atoms with Crippen LogP contribution in [0.15, 0.2) is 42.5 Å². The third-order valence-corrected chi connectivity index (χ3v) is 7.13. The minimum Gasteiger partial charge on any atom is -0.444 e. The van der Waals surface area contributed by atoms with E-state index in [1.54, 1.807) is 32.6 Å². The molecule has 2 atom stereocenters. The second kappa shape index (κ2) is 16.2. The van der Waals surface area contributed by atoms with E-state index in [1.807, 2.05) is 56.3 Å². The molecule has 2 aromatic rings. The number of rotatable bonds is 14. The lowest BCUT2D eigenvalue weighted by atomic mass is 9.99. The highest BCUT2D eigenvalue weighted by Gasteiger charge is 2.35. The van der Waals surface area contributed by atoms with E-state index in [0.29, 0.717) is 6.54 Å². The van der Waals surface area contributed by atoms with Crippen molar-refractivity contribution >= 4 is 23.6 Å². The van der Waals surface area contributed by atoms with Crippen LogP contribution in [0.5, 0.6) is 0 Å². The van der Waals surface area contributed by atoms with Crippen molar-refractivity contribution in [2.24, 2.45) is 0 Å². The molecule has 226 valence electrons. The Morgan fingerprint density at radius 2 is 1.46 bits per heavy atom. The molecule has 0 saturated carbocycles. The number of aryl methyl sites for hydroxylation is 3. The first-order chi connectivity index (χ1) is 19.4. The number of unbranched alkanes of at least 4 members (excludes halogenated alkanes) is 5. The van der Waals surface area contributed by atoms with Crippen LogP contribution in [0.1, 0.15) is 108 Å². The molecule has 2 aromatic carbocycles. The molecule has 0 fully saturated rings. The molecule has 7 heteroatoms. The summed E-state index contributed by atoms with van der Waals surface area (Å²) < 4.78 is 5.40. The van der Waals surface area contributed by atoms with Gasteiger partial charge < -0.3 is 20.3 Å². The van der Waals surface area contributed by atoms with Gasteiger partial charge in [0.25, 0.3) is 5.91 Å². The van der Waals surface area contributed by atoms with Gasteiger partial charge in [0, 0.05) is 12.2 Å². The van der Waals surface area contributed by atoms with Gasteiger partial charge in [-0.2, -0.15) is 0 Å². The Kier molecular flexibility index (Phi) is 13.4. The summed E-state index contributed by atoms with van der Waals surface area (Å²) in [4.78, 5) is 42.3. The van der Waals surface area contributed by atoms with Crippen molar-refractivity contribution in [3.8, 4) is 0 Å². The fourth-order valence-electron chi connectivity index (χ4n) is 4.84. The zero-order valence-corrected chi connectivity index (χ0v) is 26.4. The Morgan fingerprint density at radius 1 is 0.878 bits per heavy atom. The minimum atomic E-state index is -0.879. The number of amides is 3. The topological polar surface area (TPSA) is 87.7 Å². The summed E-state index contributed by atoms with van der Waals surface area (Å²) in [6, 6.07) is 12.0. The highest BCUT2D eigenvalue weighted by molar-refractivity contribution is 5.99. The molecule has 0 bridgehead atoms. The van der Waals surface area contributed by atoms with Crippen LogP contribution in [-0.2, 0) is 20.7 Å². The average molecular weight is 566 g/mol. The quantitative estimate of drug-likeness (QED) is 0.230. The average Bonchev–Trinajstić information content (AvgIpc) is 2.90. The molecule has 2 rings (SSSR count). The number of carbonyl (C=O) groups excluding carboxylic acids is 3. The van der Waals surface area contributed by atoms with Crippen molar-refractivity contribution in [2.45, 2.75) is 118 Å². The van der Waals surface area contributed by atoms with Crippen LogP contribution in [0.2, 0.25) is 0 Å². The molecular formula is C34H51N3O4. The van der Waals surface area contributed by atoms with Gasteiger partial charge in [-0.1, -0.05) is 88.4 Å². The summed E-state index contributed by atoms with van der Waals surface area (Å²) in [7, 11) is 0. The lowest BCUT2D eigenvalue weighted by molar-refractivity contribution is -0.140. The van der Waals surface area contributed by atoms with Gasteiger partial charge in [0.1, 0.15) is 17.7 Å². The van der Waals surface area contributed by atoms with E-state index in [2.05, 4.69) is 24.5 Å². The van der Waals surface area contributed by atoms with Crippen LogP contribution in [0.4, 0.5) is 10.5 Å². The summed E-state index contributed by atoms with van der Waals surface area (Å²) in [5, 5.41) is 5.81. The minimum absolute atomic E-state index is 0.282. The lowest BCUT2D eigenvalue weighted by Crippen LogP contribution is -2.51. The number of hydrogen-bond donors (Lipinski definition) is 2. The fourth-order valence-corrected chi connectivity index (χ4v) is 4.84. The number of anilines is 1. The summed E-state index contributed by atoms with van der Waals surface area (Å²) >= 11 is 0. The van der Waals surface area contributed by atoms with E-state index in [9.17, 15) is 14.4 Å². The molecule has 0 aromatic heterocycles. The van der Waals surface area contributed by atoms with Crippen LogP contribution in [0.3, 0.4) is 0 Å². The zero-order chi connectivity index (χ0) is 30.6. The molecule has 0 aliphatic heterocycles. The van der Waals surface area contributed by atoms with Gasteiger partial charge in [-0.15, -0.1) is 0 Å². The van der Waals surface area contributed by atoms with E-state index in [1.165, 1.54) is 6.42 Å². The third kappa shape index (κ3) is 10.9. The number of benzene rings is 2. The van der Waals surface area contributed by atoms with Gasteiger partial charge in [0.15, 0.2) is 0 Å². The monoisotopic (exact) mass is 565 g/mol. The number of alkyl carbamates (subject to hydrolysis) is 1. The van der Waals surface area contributed by atoms with Crippen molar-refractivity contribution < 1.29 is 19.1 Å². The number of para-hydroxylation sites is 1. The number of carbonyl (C=O) groups is 3. The van der Waals surface area contributed by atoms with Crippen molar-refractivity contribution in [1.29, 1.82) is 0 Å². The summed E-state index contributed by atoms with van der Waals surface area (Å²) in [5.74, 6) is -0.610. The lowest BCUT2D eigenvalue weighted by Gasteiger charge is -2.34. The molecule has 0 spiro atoms. The molecule has 0 aliphatic rings. The van der Waals surface area contributed by atoms with E-state index in [-0.39, 0.29) is 11.8 Å². The molecule has 3 amide bonds. The van der Waals surface area contributed by atoms with Crippen LogP contribution in [-0.4, -0.2) is 41.0 Å². The molecule has 0 aliphatic carbocycles. The number of nitrogens with zero attached hydrogens (tertiary/aromatic N) is 1. The Balaban J connectivity index is 2.45. The van der Waals surface area contributed by atoms with Crippen molar-refractivity contribution in [3.05, 3.63) is 64.7 Å². The van der Waals surface area contributed by atoms with Crippen LogP contribution < -0.4 is 10.6 Å². The summed E-state index contributed by atoms with van der Waals surface area (Å²) in [6.45, 7) is 15.5. The molecule has 2 N–H and O–H groups in total.